The van der Waals surface area contributed by atoms with E-state index in [1.807, 2.05) is 42.5 Å². The molecule has 7 heteroatoms. The SMILES string of the molecule is Cl.O=[N+]([O-])c1ccc(NCCNCc2ccc(OCc3ccccc3)cc2)cc1. The van der Waals surface area contributed by atoms with Gasteiger partial charge in [0.25, 0.3) is 5.69 Å². The summed E-state index contributed by atoms with van der Waals surface area (Å²) in [6, 6.07) is 24.6. The van der Waals surface area contributed by atoms with Crippen LogP contribution >= 0.6 is 12.4 Å². The van der Waals surface area contributed by atoms with Crippen molar-refractivity contribution in [2.45, 2.75) is 13.2 Å². The third kappa shape index (κ3) is 7.44. The quantitative estimate of drug-likeness (QED) is 0.283. The average Bonchev–Trinajstić information content (AvgIpc) is 2.74. The van der Waals surface area contributed by atoms with E-state index in [2.05, 4.69) is 22.8 Å². The van der Waals surface area contributed by atoms with E-state index in [9.17, 15) is 10.1 Å². The van der Waals surface area contributed by atoms with Gasteiger partial charge in [-0.2, -0.15) is 0 Å². The average molecular weight is 414 g/mol. The molecule has 0 heterocycles. The van der Waals surface area contributed by atoms with Crippen molar-refractivity contribution in [2.75, 3.05) is 18.4 Å². The molecular formula is C22H24ClN3O3. The highest BCUT2D eigenvalue weighted by Crippen LogP contribution is 2.15. The van der Waals surface area contributed by atoms with Gasteiger partial charge in [0.15, 0.2) is 0 Å². The predicted octanol–water partition coefficient (Wildman–Crippen LogP) is 4.80. The number of nitrogens with one attached hydrogen (secondary N) is 2. The van der Waals surface area contributed by atoms with Crippen molar-refractivity contribution >= 4 is 23.8 Å². The Morgan fingerprint density at radius 2 is 1.52 bits per heavy atom. The third-order valence-corrected chi connectivity index (χ3v) is 4.21. The maximum atomic E-state index is 10.6. The molecule has 3 aromatic carbocycles. The van der Waals surface area contributed by atoms with Crippen LogP contribution in [-0.4, -0.2) is 18.0 Å². The second-order valence-electron chi connectivity index (χ2n) is 6.33. The van der Waals surface area contributed by atoms with Gasteiger partial charge < -0.3 is 15.4 Å². The van der Waals surface area contributed by atoms with Crippen LogP contribution in [0.25, 0.3) is 0 Å². The van der Waals surface area contributed by atoms with Gasteiger partial charge in [-0.25, -0.2) is 0 Å². The van der Waals surface area contributed by atoms with Crippen molar-refractivity contribution in [2.24, 2.45) is 0 Å². The van der Waals surface area contributed by atoms with E-state index in [0.717, 1.165) is 36.6 Å². The van der Waals surface area contributed by atoms with E-state index in [4.69, 9.17) is 4.74 Å². The van der Waals surface area contributed by atoms with Crippen molar-refractivity contribution in [1.82, 2.24) is 5.32 Å². The summed E-state index contributed by atoms with van der Waals surface area (Å²) in [6.45, 7) is 2.84. The zero-order valence-electron chi connectivity index (χ0n) is 15.9. The molecule has 0 amide bonds. The fourth-order valence-corrected chi connectivity index (χ4v) is 2.67. The monoisotopic (exact) mass is 413 g/mol. The third-order valence-electron chi connectivity index (χ3n) is 4.21. The molecule has 0 aromatic heterocycles. The van der Waals surface area contributed by atoms with Crippen LogP contribution in [0.15, 0.2) is 78.9 Å². The number of anilines is 1. The molecule has 6 nitrogen and oxygen atoms in total. The number of hydrogen-bond donors (Lipinski definition) is 2. The molecule has 0 bridgehead atoms. The van der Waals surface area contributed by atoms with Crippen molar-refractivity contribution < 1.29 is 9.66 Å². The van der Waals surface area contributed by atoms with Crippen LogP contribution in [0, 0.1) is 10.1 Å². The van der Waals surface area contributed by atoms with Crippen molar-refractivity contribution in [3.05, 3.63) is 100 Å². The van der Waals surface area contributed by atoms with Gasteiger partial charge in [-0.1, -0.05) is 42.5 Å². The molecule has 0 atom stereocenters. The Morgan fingerprint density at radius 3 is 2.17 bits per heavy atom. The summed E-state index contributed by atoms with van der Waals surface area (Å²) >= 11 is 0. The fourth-order valence-electron chi connectivity index (χ4n) is 2.67. The molecule has 0 unspecified atom stereocenters. The molecule has 0 radical (unpaired) electrons. The van der Waals surface area contributed by atoms with Crippen LogP contribution in [0.2, 0.25) is 0 Å². The molecule has 29 heavy (non-hydrogen) atoms. The highest BCUT2D eigenvalue weighted by Gasteiger charge is 2.03. The van der Waals surface area contributed by atoms with E-state index in [1.54, 1.807) is 12.1 Å². The standard InChI is InChI=1S/C22H23N3O3.ClH/c26-25(27)21-10-8-20(9-11-21)24-15-14-23-16-18-6-12-22(13-7-18)28-17-19-4-2-1-3-5-19;/h1-13,23-24H,14-17H2;1H. The van der Waals surface area contributed by atoms with Gasteiger partial charge in [0.2, 0.25) is 0 Å². The number of ether oxygens (including phenoxy) is 1. The maximum absolute atomic E-state index is 10.6. The topological polar surface area (TPSA) is 76.4 Å². The van der Waals surface area contributed by atoms with Gasteiger partial charge >= 0.3 is 0 Å². The normalized spacial score (nSPS) is 10.1. The van der Waals surface area contributed by atoms with E-state index >= 15 is 0 Å². The van der Waals surface area contributed by atoms with Crippen molar-refractivity contribution in [3.63, 3.8) is 0 Å². The van der Waals surface area contributed by atoms with Gasteiger partial charge in [-0.3, -0.25) is 10.1 Å². The predicted molar refractivity (Wildman–Crippen MR) is 118 cm³/mol. The Morgan fingerprint density at radius 1 is 0.828 bits per heavy atom. The minimum absolute atomic E-state index is 0. The van der Waals surface area contributed by atoms with Crippen LogP contribution in [0.4, 0.5) is 11.4 Å². The number of benzene rings is 3. The number of non-ortho nitro benzene ring substituents is 1. The first-order valence-electron chi connectivity index (χ1n) is 9.15. The summed E-state index contributed by atoms with van der Waals surface area (Å²) in [6.07, 6.45) is 0. The van der Waals surface area contributed by atoms with Crippen LogP contribution < -0.4 is 15.4 Å². The highest BCUT2D eigenvalue weighted by atomic mass is 35.5. The van der Waals surface area contributed by atoms with Crippen molar-refractivity contribution in [1.29, 1.82) is 0 Å². The first-order valence-corrected chi connectivity index (χ1v) is 9.15. The molecule has 2 N–H and O–H groups in total. The summed E-state index contributed by atoms with van der Waals surface area (Å²) in [5, 5.41) is 17.2. The van der Waals surface area contributed by atoms with Crippen LogP contribution in [-0.2, 0) is 13.2 Å². The first kappa shape index (κ1) is 22.2. The Bertz CT molecular complexity index is 872. The number of nitro benzene ring substituents is 1. The van der Waals surface area contributed by atoms with Gasteiger partial charge in [0.05, 0.1) is 4.92 Å². The van der Waals surface area contributed by atoms with Crippen LogP contribution in [0.3, 0.4) is 0 Å². The molecule has 0 saturated carbocycles. The molecule has 3 aromatic rings. The van der Waals surface area contributed by atoms with Crippen LogP contribution in [0.1, 0.15) is 11.1 Å². The molecule has 3 rings (SSSR count). The molecule has 0 aliphatic heterocycles. The summed E-state index contributed by atoms with van der Waals surface area (Å²) in [7, 11) is 0. The second kappa shape index (κ2) is 11.7. The molecule has 0 saturated heterocycles. The fraction of sp³-hybridized carbons (Fsp3) is 0.182. The highest BCUT2D eigenvalue weighted by molar-refractivity contribution is 5.85. The summed E-state index contributed by atoms with van der Waals surface area (Å²) in [5.74, 6) is 0.854. The number of halogens is 1. The molecule has 152 valence electrons. The summed E-state index contributed by atoms with van der Waals surface area (Å²) < 4.78 is 5.79. The Kier molecular flexibility index (Phi) is 8.95. The number of nitro groups is 1. The Hall–Kier alpha value is -3.09. The lowest BCUT2D eigenvalue weighted by atomic mass is 10.2. The molecule has 0 aliphatic rings. The minimum atomic E-state index is -0.399. The molecule has 0 spiro atoms. The molecule has 0 fully saturated rings. The van der Waals surface area contributed by atoms with E-state index in [0.29, 0.717) is 6.61 Å². The maximum Gasteiger partial charge on any atom is 0.269 e. The van der Waals surface area contributed by atoms with Crippen LogP contribution in [0.5, 0.6) is 5.75 Å². The smallest absolute Gasteiger partial charge is 0.269 e. The van der Waals surface area contributed by atoms with Gasteiger partial charge in [-0.15, -0.1) is 12.4 Å². The second-order valence-corrected chi connectivity index (χ2v) is 6.33. The first-order chi connectivity index (χ1) is 13.7. The number of hydrogen-bond acceptors (Lipinski definition) is 5. The zero-order chi connectivity index (χ0) is 19.6. The number of rotatable bonds is 10. The van der Waals surface area contributed by atoms with Crippen molar-refractivity contribution in [3.8, 4) is 5.75 Å². The molecule has 0 aliphatic carbocycles. The van der Waals surface area contributed by atoms with E-state index in [1.165, 1.54) is 17.7 Å². The zero-order valence-corrected chi connectivity index (χ0v) is 16.7. The molecular weight excluding hydrogens is 390 g/mol. The van der Waals surface area contributed by atoms with E-state index in [-0.39, 0.29) is 18.1 Å². The lowest BCUT2D eigenvalue weighted by Gasteiger charge is -2.09. The Labute approximate surface area is 176 Å². The lowest BCUT2D eigenvalue weighted by molar-refractivity contribution is -0.384. The van der Waals surface area contributed by atoms with Gasteiger partial charge in [0, 0.05) is 37.5 Å². The Balaban J connectivity index is 0.00000300. The summed E-state index contributed by atoms with van der Waals surface area (Å²) in [5.41, 5.74) is 3.29. The van der Waals surface area contributed by atoms with Gasteiger partial charge in [0.1, 0.15) is 12.4 Å². The number of nitrogens with zero attached hydrogens (tertiary/aromatic N) is 1. The lowest BCUT2D eigenvalue weighted by Crippen LogP contribution is -2.21. The summed E-state index contributed by atoms with van der Waals surface area (Å²) in [4.78, 5) is 10.2. The minimum Gasteiger partial charge on any atom is -0.489 e. The van der Waals surface area contributed by atoms with Gasteiger partial charge in [-0.05, 0) is 35.4 Å². The largest absolute Gasteiger partial charge is 0.489 e. The van der Waals surface area contributed by atoms with E-state index < -0.39 is 4.92 Å².